The first-order valence-corrected chi connectivity index (χ1v) is 5.57. The SMILES string of the molecule is NCc1cc(Br)ccc1-n1cc(Cl)cn1. The third-order valence-electron chi connectivity index (χ3n) is 2.06. The van der Waals surface area contributed by atoms with Crippen LogP contribution in [0.15, 0.2) is 35.1 Å². The maximum atomic E-state index is 5.81. The number of nitrogens with zero attached hydrogens (tertiary/aromatic N) is 2. The van der Waals surface area contributed by atoms with Crippen LogP contribution < -0.4 is 5.73 Å². The molecule has 0 aliphatic heterocycles. The number of halogens is 2. The second kappa shape index (κ2) is 4.35. The molecule has 0 fully saturated rings. The molecule has 2 rings (SSSR count). The van der Waals surface area contributed by atoms with Gasteiger partial charge in [0.1, 0.15) is 0 Å². The molecule has 0 aliphatic rings. The maximum absolute atomic E-state index is 5.81. The Bertz CT molecular complexity index is 481. The van der Waals surface area contributed by atoms with Gasteiger partial charge in [-0.25, -0.2) is 4.68 Å². The highest BCUT2D eigenvalue weighted by Crippen LogP contribution is 2.20. The lowest BCUT2D eigenvalue weighted by Crippen LogP contribution is -2.04. The quantitative estimate of drug-likeness (QED) is 0.922. The van der Waals surface area contributed by atoms with Crippen LogP contribution in [0.1, 0.15) is 5.56 Å². The maximum Gasteiger partial charge on any atom is 0.0790 e. The Kier molecular flexibility index (Phi) is 3.09. The minimum absolute atomic E-state index is 0.465. The van der Waals surface area contributed by atoms with Crippen molar-refractivity contribution in [3.05, 3.63) is 45.7 Å². The molecule has 0 atom stereocenters. The highest BCUT2D eigenvalue weighted by atomic mass is 79.9. The van der Waals surface area contributed by atoms with E-state index in [4.69, 9.17) is 17.3 Å². The Hall–Kier alpha value is -0.840. The number of rotatable bonds is 2. The fraction of sp³-hybridized carbons (Fsp3) is 0.100. The summed E-state index contributed by atoms with van der Waals surface area (Å²) in [5, 5.41) is 4.75. The van der Waals surface area contributed by atoms with Gasteiger partial charge in [-0.05, 0) is 23.8 Å². The van der Waals surface area contributed by atoms with E-state index in [1.807, 2.05) is 18.2 Å². The summed E-state index contributed by atoms with van der Waals surface area (Å²) < 4.78 is 2.72. The van der Waals surface area contributed by atoms with E-state index in [1.54, 1.807) is 17.1 Å². The standard InChI is InChI=1S/C10H9BrClN3/c11-8-1-2-10(7(3-8)4-13)15-6-9(12)5-14-15/h1-3,5-6H,4,13H2. The third kappa shape index (κ3) is 2.22. The Labute approximate surface area is 101 Å². The minimum atomic E-state index is 0.465. The van der Waals surface area contributed by atoms with Gasteiger partial charge in [0.2, 0.25) is 0 Å². The zero-order chi connectivity index (χ0) is 10.8. The second-order valence-electron chi connectivity index (χ2n) is 3.08. The Morgan fingerprint density at radius 1 is 1.47 bits per heavy atom. The van der Waals surface area contributed by atoms with Crippen molar-refractivity contribution < 1.29 is 0 Å². The van der Waals surface area contributed by atoms with Crippen molar-refractivity contribution in [3.8, 4) is 5.69 Å². The van der Waals surface area contributed by atoms with Crippen LogP contribution in [0, 0.1) is 0 Å². The summed E-state index contributed by atoms with van der Waals surface area (Å²) in [6.45, 7) is 0.465. The van der Waals surface area contributed by atoms with E-state index in [0.29, 0.717) is 11.6 Å². The molecule has 0 radical (unpaired) electrons. The molecule has 2 N–H and O–H groups in total. The van der Waals surface area contributed by atoms with Gasteiger partial charge in [0, 0.05) is 17.2 Å². The van der Waals surface area contributed by atoms with Crippen molar-refractivity contribution in [1.29, 1.82) is 0 Å². The van der Waals surface area contributed by atoms with Gasteiger partial charge in [-0.1, -0.05) is 27.5 Å². The predicted molar refractivity (Wildman–Crippen MR) is 64.2 cm³/mol. The second-order valence-corrected chi connectivity index (χ2v) is 4.43. The van der Waals surface area contributed by atoms with Gasteiger partial charge in [0.25, 0.3) is 0 Å². The molecule has 0 unspecified atom stereocenters. The van der Waals surface area contributed by atoms with E-state index in [9.17, 15) is 0 Å². The van der Waals surface area contributed by atoms with Gasteiger partial charge >= 0.3 is 0 Å². The average molecular weight is 287 g/mol. The topological polar surface area (TPSA) is 43.8 Å². The predicted octanol–water partition coefficient (Wildman–Crippen LogP) is 2.75. The molecule has 3 nitrogen and oxygen atoms in total. The van der Waals surface area contributed by atoms with Gasteiger partial charge in [-0.3, -0.25) is 0 Å². The fourth-order valence-corrected chi connectivity index (χ4v) is 1.92. The van der Waals surface area contributed by atoms with Crippen LogP contribution in [0.5, 0.6) is 0 Å². The van der Waals surface area contributed by atoms with Gasteiger partial charge in [0.05, 0.1) is 16.9 Å². The summed E-state index contributed by atoms with van der Waals surface area (Å²) in [5.74, 6) is 0. The van der Waals surface area contributed by atoms with Gasteiger partial charge < -0.3 is 5.73 Å². The summed E-state index contributed by atoms with van der Waals surface area (Å²) in [4.78, 5) is 0. The van der Waals surface area contributed by atoms with Gasteiger partial charge in [0.15, 0.2) is 0 Å². The third-order valence-corrected chi connectivity index (χ3v) is 2.75. The molecule has 0 bridgehead atoms. The summed E-state index contributed by atoms with van der Waals surface area (Å²) in [6, 6.07) is 5.88. The lowest BCUT2D eigenvalue weighted by Gasteiger charge is -2.07. The molecule has 0 saturated carbocycles. The summed E-state index contributed by atoms with van der Waals surface area (Å²) in [5.41, 5.74) is 7.64. The van der Waals surface area contributed by atoms with Crippen LogP contribution in [0.2, 0.25) is 5.02 Å². The van der Waals surface area contributed by atoms with Crippen LogP contribution in [0.3, 0.4) is 0 Å². The number of nitrogens with two attached hydrogens (primary N) is 1. The van der Waals surface area contributed by atoms with Crippen molar-refractivity contribution in [2.24, 2.45) is 5.73 Å². The van der Waals surface area contributed by atoms with Crippen LogP contribution in [-0.2, 0) is 6.54 Å². The first-order valence-electron chi connectivity index (χ1n) is 4.40. The van der Waals surface area contributed by atoms with Gasteiger partial charge in [-0.15, -0.1) is 0 Å². The molecule has 1 aromatic carbocycles. The number of aromatic nitrogens is 2. The summed E-state index contributed by atoms with van der Waals surface area (Å²) in [6.07, 6.45) is 3.36. The molecule has 2 aromatic rings. The molecule has 0 aliphatic carbocycles. The smallest absolute Gasteiger partial charge is 0.0790 e. The van der Waals surface area contributed by atoms with Crippen LogP contribution in [-0.4, -0.2) is 9.78 Å². The largest absolute Gasteiger partial charge is 0.326 e. The lowest BCUT2D eigenvalue weighted by atomic mass is 10.2. The van der Waals surface area contributed by atoms with E-state index in [0.717, 1.165) is 15.7 Å². The molecule has 78 valence electrons. The van der Waals surface area contributed by atoms with Crippen LogP contribution in [0.25, 0.3) is 5.69 Å². The fourth-order valence-electron chi connectivity index (χ4n) is 1.37. The van der Waals surface area contributed by atoms with E-state index >= 15 is 0 Å². The highest BCUT2D eigenvalue weighted by molar-refractivity contribution is 9.10. The molecular weight excluding hydrogens is 277 g/mol. The van der Waals surface area contributed by atoms with Crippen LogP contribution in [0.4, 0.5) is 0 Å². The molecule has 1 aromatic heterocycles. The van der Waals surface area contributed by atoms with Crippen molar-refractivity contribution in [2.75, 3.05) is 0 Å². The van der Waals surface area contributed by atoms with Crippen molar-refractivity contribution in [3.63, 3.8) is 0 Å². The zero-order valence-electron chi connectivity index (χ0n) is 7.82. The van der Waals surface area contributed by atoms with E-state index in [-0.39, 0.29) is 0 Å². The van der Waals surface area contributed by atoms with Crippen LogP contribution >= 0.6 is 27.5 Å². The molecule has 0 spiro atoms. The van der Waals surface area contributed by atoms with E-state index in [1.165, 1.54) is 0 Å². The zero-order valence-corrected chi connectivity index (χ0v) is 10.2. The van der Waals surface area contributed by atoms with Crippen molar-refractivity contribution in [2.45, 2.75) is 6.54 Å². The lowest BCUT2D eigenvalue weighted by molar-refractivity contribution is 0.858. The number of benzene rings is 1. The van der Waals surface area contributed by atoms with E-state index in [2.05, 4.69) is 21.0 Å². The molecule has 5 heteroatoms. The monoisotopic (exact) mass is 285 g/mol. The molecule has 0 saturated heterocycles. The Morgan fingerprint density at radius 3 is 2.87 bits per heavy atom. The minimum Gasteiger partial charge on any atom is -0.326 e. The Morgan fingerprint density at radius 2 is 2.27 bits per heavy atom. The molecule has 0 amide bonds. The van der Waals surface area contributed by atoms with Crippen molar-refractivity contribution >= 4 is 27.5 Å². The van der Waals surface area contributed by atoms with E-state index < -0.39 is 0 Å². The molecule has 1 heterocycles. The first kappa shape index (κ1) is 10.7. The van der Waals surface area contributed by atoms with Gasteiger partial charge in [-0.2, -0.15) is 5.10 Å². The van der Waals surface area contributed by atoms with Crippen molar-refractivity contribution in [1.82, 2.24) is 9.78 Å². The normalized spacial score (nSPS) is 10.6. The summed E-state index contributed by atoms with van der Waals surface area (Å²) >= 11 is 9.22. The average Bonchev–Trinajstić information content (AvgIpc) is 2.64. The molecule has 15 heavy (non-hydrogen) atoms. The first-order chi connectivity index (χ1) is 7.20. The highest BCUT2D eigenvalue weighted by Gasteiger charge is 2.05. The Balaban J connectivity index is 2.52. The number of hydrogen-bond acceptors (Lipinski definition) is 2. The molecular formula is C10H9BrClN3. The summed E-state index contributed by atoms with van der Waals surface area (Å²) in [7, 11) is 0. The number of hydrogen-bond donors (Lipinski definition) is 1.